The van der Waals surface area contributed by atoms with Crippen molar-refractivity contribution in [1.82, 2.24) is 4.98 Å². The minimum absolute atomic E-state index is 0.00775. The van der Waals surface area contributed by atoms with E-state index in [2.05, 4.69) is 10.3 Å². The normalized spacial score (nSPS) is 11.2. The highest BCUT2D eigenvalue weighted by atomic mass is 32.1. The van der Waals surface area contributed by atoms with Gasteiger partial charge in [-0.05, 0) is 0 Å². The molecule has 0 amide bonds. The van der Waals surface area contributed by atoms with Gasteiger partial charge in [0.15, 0.2) is 10.9 Å². The van der Waals surface area contributed by atoms with Crippen molar-refractivity contribution in [1.29, 1.82) is 0 Å². The Bertz CT molecular complexity index is 406. The van der Waals surface area contributed by atoms with Crippen molar-refractivity contribution in [3.8, 4) is 0 Å². The van der Waals surface area contributed by atoms with Crippen molar-refractivity contribution in [3.63, 3.8) is 0 Å². The lowest BCUT2D eigenvalue weighted by Gasteiger charge is -2.14. The van der Waals surface area contributed by atoms with Crippen LogP contribution in [0.3, 0.4) is 0 Å². The van der Waals surface area contributed by atoms with E-state index in [-0.39, 0.29) is 12.3 Å². The van der Waals surface area contributed by atoms with Crippen molar-refractivity contribution in [2.75, 3.05) is 11.9 Å². The summed E-state index contributed by atoms with van der Waals surface area (Å²) in [4.78, 5) is 26.7. The molecule has 0 saturated carbocycles. The number of carbonyl (C=O) groups is 2. The highest BCUT2D eigenvalue weighted by Gasteiger charge is 2.24. The molecule has 6 heteroatoms. The molecule has 88 valence electrons. The zero-order chi connectivity index (χ0) is 12.3. The molecule has 0 bridgehead atoms. The lowest BCUT2D eigenvalue weighted by molar-refractivity contribution is -0.134. The van der Waals surface area contributed by atoms with Gasteiger partial charge in [0.1, 0.15) is 6.54 Å². The zero-order valence-corrected chi connectivity index (χ0v) is 10.2. The van der Waals surface area contributed by atoms with Crippen molar-refractivity contribution < 1.29 is 14.7 Å². The lowest BCUT2D eigenvalue weighted by atomic mass is 9.90. The Balaban J connectivity index is 2.72. The highest BCUT2D eigenvalue weighted by Crippen LogP contribution is 2.26. The van der Waals surface area contributed by atoms with Crippen molar-refractivity contribution in [2.45, 2.75) is 20.8 Å². The molecule has 16 heavy (non-hydrogen) atoms. The highest BCUT2D eigenvalue weighted by molar-refractivity contribution is 7.17. The van der Waals surface area contributed by atoms with Crippen LogP contribution in [0, 0.1) is 5.41 Å². The van der Waals surface area contributed by atoms with E-state index in [1.807, 2.05) is 20.8 Å². The van der Waals surface area contributed by atoms with Gasteiger partial charge in [0, 0.05) is 5.41 Å². The number of hydrogen-bond donors (Lipinski definition) is 2. The Morgan fingerprint density at radius 2 is 2.12 bits per heavy atom. The average molecular weight is 242 g/mol. The molecular formula is C10H14N2O3S. The first-order valence-corrected chi connectivity index (χ1v) is 5.58. The molecule has 0 fully saturated rings. The van der Waals surface area contributed by atoms with E-state index in [0.29, 0.717) is 10.0 Å². The maximum Gasteiger partial charge on any atom is 0.322 e. The predicted molar refractivity (Wildman–Crippen MR) is 62.0 cm³/mol. The van der Waals surface area contributed by atoms with Crippen LogP contribution >= 0.6 is 11.3 Å². The molecule has 0 spiro atoms. The van der Waals surface area contributed by atoms with E-state index < -0.39 is 11.4 Å². The van der Waals surface area contributed by atoms with Gasteiger partial charge in [0.25, 0.3) is 0 Å². The molecule has 1 aromatic heterocycles. The van der Waals surface area contributed by atoms with Gasteiger partial charge in [-0.1, -0.05) is 32.1 Å². The topological polar surface area (TPSA) is 79.3 Å². The molecule has 1 aromatic rings. The number of aromatic nitrogens is 1. The third-order valence-corrected chi connectivity index (χ3v) is 2.76. The van der Waals surface area contributed by atoms with Crippen LogP contribution in [-0.2, 0) is 4.79 Å². The van der Waals surface area contributed by atoms with Crippen LogP contribution in [0.5, 0.6) is 0 Å². The maximum absolute atomic E-state index is 11.8. The van der Waals surface area contributed by atoms with Gasteiger partial charge in [0.05, 0.1) is 11.1 Å². The molecule has 1 heterocycles. The Hall–Kier alpha value is -1.43. The molecule has 2 N–H and O–H groups in total. The molecular weight excluding hydrogens is 228 g/mol. The standard InChI is InChI=1S/C10H14N2O3S/c1-10(2,3)8(15)6-4-11-9(16-6)12-5-7(13)14/h4H,5H2,1-3H3,(H,11,12)(H,13,14). The second kappa shape index (κ2) is 4.61. The second-order valence-electron chi connectivity index (χ2n) is 4.36. The number of carboxylic acids is 1. The summed E-state index contributed by atoms with van der Waals surface area (Å²) in [6, 6.07) is 0. The van der Waals surface area contributed by atoms with E-state index in [9.17, 15) is 9.59 Å². The predicted octanol–water partition coefficient (Wildman–Crippen LogP) is 1.87. The fourth-order valence-corrected chi connectivity index (χ4v) is 1.94. The van der Waals surface area contributed by atoms with Gasteiger partial charge in [-0.3, -0.25) is 9.59 Å². The maximum atomic E-state index is 11.8. The van der Waals surface area contributed by atoms with Crippen LogP contribution in [0.1, 0.15) is 30.4 Å². The molecule has 0 aliphatic heterocycles. The molecule has 0 saturated heterocycles. The zero-order valence-electron chi connectivity index (χ0n) is 9.40. The molecule has 0 radical (unpaired) electrons. The number of aliphatic carboxylic acids is 1. The smallest absolute Gasteiger partial charge is 0.322 e. The molecule has 0 unspecified atom stereocenters. The number of hydrogen-bond acceptors (Lipinski definition) is 5. The number of carboxylic acid groups (broad SMARTS) is 1. The minimum Gasteiger partial charge on any atom is -0.480 e. The lowest BCUT2D eigenvalue weighted by Crippen LogP contribution is -2.18. The summed E-state index contributed by atoms with van der Waals surface area (Å²) in [6.07, 6.45) is 1.47. The number of nitrogens with one attached hydrogen (secondary N) is 1. The van der Waals surface area contributed by atoms with Crippen molar-refractivity contribution in [3.05, 3.63) is 11.1 Å². The number of ketones is 1. The Kier molecular flexibility index (Phi) is 3.64. The third kappa shape index (κ3) is 3.30. The van der Waals surface area contributed by atoms with Crippen LogP contribution < -0.4 is 5.32 Å². The van der Waals surface area contributed by atoms with Gasteiger partial charge in [-0.25, -0.2) is 4.98 Å². The summed E-state index contributed by atoms with van der Waals surface area (Å²) in [5.41, 5.74) is -0.448. The summed E-state index contributed by atoms with van der Waals surface area (Å²) in [7, 11) is 0. The van der Waals surface area contributed by atoms with E-state index in [1.54, 1.807) is 0 Å². The Labute approximate surface area is 97.5 Å². The Morgan fingerprint density at radius 1 is 1.50 bits per heavy atom. The van der Waals surface area contributed by atoms with Crippen LogP contribution in [-0.4, -0.2) is 28.4 Å². The van der Waals surface area contributed by atoms with Crippen molar-refractivity contribution >= 4 is 28.2 Å². The summed E-state index contributed by atoms with van der Waals surface area (Å²) >= 11 is 1.17. The number of nitrogens with zero attached hydrogens (tertiary/aromatic N) is 1. The summed E-state index contributed by atoms with van der Waals surface area (Å²) in [5.74, 6) is -0.952. The van der Waals surface area contributed by atoms with E-state index in [0.717, 1.165) is 0 Å². The molecule has 1 rings (SSSR count). The molecule has 5 nitrogen and oxygen atoms in total. The van der Waals surface area contributed by atoms with Gasteiger partial charge in [-0.2, -0.15) is 0 Å². The van der Waals surface area contributed by atoms with E-state index >= 15 is 0 Å². The van der Waals surface area contributed by atoms with Gasteiger partial charge in [0.2, 0.25) is 0 Å². The fraction of sp³-hybridized carbons (Fsp3) is 0.500. The number of anilines is 1. The molecule has 0 aromatic carbocycles. The minimum atomic E-state index is -0.959. The van der Waals surface area contributed by atoms with Crippen LogP contribution in [0.2, 0.25) is 0 Å². The monoisotopic (exact) mass is 242 g/mol. The van der Waals surface area contributed by atoms with Crippen LogP contribution in [0.25, 0.3) is 0 Å². The largest absolute Gasteiger partial charge is 0.480 e. The number of rotatable bonds is 4. The third-order valence-electron chi connectivity index (χ3n) is 1.80. The second-order valence-corrected chi connectivity index (χ2v) is 5.39. The summed E-state index contributed by atoms with van der Waals surface area (Å²) in [6.45, 7) is 5.30. The van der Waals surface area contributed by atoms with Crippen molar-refractivity contribution in [2.24, 2.45) is 5.41 Å². The van der Waals surface area contributed by atoms with E-state index in [1.165, 1.54) is 17.5 Å². The van der Waals surface area contributed by atoms with Gasteiger partial charge in [-0.15, -0.1) is 0 Å². The quantitative estimate of drug-likeness (QED) is 0.788. The summed E-state index contributed by atoms with van der Waals surface area (Å²) < 4.78 is 0. The average Bonchev–Trinajstić information content (AvgIpc) is 2.60. The molecule has 0 atom stereocenters. The van der Waals surface area contributed by atoms with E-state index in [4.69, 9.17) is 5.11 Å². The molecule has 0 aliphatic rings. The van der Waals surface area contributed by atoms with Crippen LogP contribution in [0.4, 0.5) is 5.13 Å². The SMILES string of the molecule is CC(C)(C)C(=O)c1cnc(NCC(=O)O)s1. The summed E-state index contributed by atoms with van der Waals surface area (Å²) in [5, 5.41) is 11.5. The van der Waals surface area contributed by atoms with Gasteiger partial charge < -0.3 is 10.4 Å². The molecule has 0 aliphatic carbocycles. The number of carbonyl (C=O) groups excluding carboxylic acids is 1. The fourth-order valence-electron chi connectivity index (χ4n) is 0.982. The number of thiazole rings is 1. The first-order chi connectivity index (χ1) is 7.30. The first-order valence-electron chi connectivity index (χ1n) is 4.77. The number of Topliss-reactive ketones (excluding diaryl/α,β-unsaturated/α-hetero) is 1. The Morgan fingerprint density at radius 3 is 2.62 bits per heavy atom. The van der Waals surface area contributed by atoms with Crippen LogP contribution in [0.15, 0.2) is 6.20 Å². The first kappa shape index (κ1) is 12.6. The van der Waals surface area contributed by atoms with Gasteiger partial charge >= 0.3 is 5.97 Å².